The Morgan fingerprint density at radius 1 is 1.44 bits per heavy atom. The van der Waals surface area contributed by atoms with Gasteiger partial charge in [-0.05, 0) is 12.1 Å². The van der Waals surface area contributed by atoms with Crippen LogP contribution in [-0.4, -0.2) is 10.9 Å². The zero-order valence-corrected chi connectivity index (χ0v) is 11.0. The van der Waals surface area contributed by atoms with E-state index < -0.39 is 0 Å². The van der Waals surface area contributed by atoms with Crippen molar-refractivity contribution in [2.24, 2.45) is 10.3 Å². The zero-order valence-electron chi connectivity index (χ0n) is 9.45. The average Bonchev–Trinajstić information content (AvgIpc) is 2.85. The number of carbonyl (C=O) groups is 1. The van der Waals surface area contributed by atoms with Crippen molar-refractivity contribution in [3.05, 3.63) is 40.9 Å². The van der Waals surface area contributed by atoms with Gasteiger partial charge in [-0.25, -0.2) is 4.98 Å². The highest BCUT2D eigenvalue weighted by molar-refractivity contribution is 7.13. The highest BCUT2D eigenvalue weighted by Gasteiger charge is 2.13. The Balaban J connectivity index is 2.25. The van der Waals surface area contributed by atoms with Crippen LogP contribution in [0.3, 0.4) is 0 Å². The summed E-state index contributed by atoms with van der Waals surface area (Å²) in [7, 11) is 0. The van der Waals surface area contributed by atoms with Gasteiger partial charge in [0, 0.05) is 18.5 Å². The van der Waals surface area contributed by atoms with Gasteiger partial charge >= 0.3 is 0 Å². The van der Waals surface area contributed by atoms with Crippen molar-refractivity contribution in [2.75, 3.05) is 5.01 Å². The molecule has 0 bridgehead atoms. The SMILES string of the molecule is CC(=O)N(N=Nc1ccccc1Cl)c1nccs1. The molecule has 7 heteroatoms. The number of hydrogen-bond donors (Lipinski definition) is 0. The molecular formula is C11H9ClN4OS. The third-order valence-corrected chi connectivity index (χ3v) is 3.06. The number of rotatable bonds is 3. The van der Waals surface area contributed by atoms with Gasteiger partial charge in [0.25, 0.3) is 0 Å². The summed E-state index contributed by atoms with van der Waals surface area (Å²) in [6, 6.07) is 7.01. The fourth-order valence-corrected chi connectivity index (χ4v) is 1.99. The van der Waals surface area contributed by atoms with Gasteiger partial charge in [-0.1, -0.05) is 29.0 Å². The largest absolute Gasteiger partial charge is 0.273 e. The molecule has 0 saturated carbocycles. The molecule has 18 heavy (non-hydrogen) atoms. The van der Waals surface area contributed by atoms with E-state index in [2.05, 4.69) is 15.3 Å². The molecule has 1 aromatic carbocycles. The quantitative estimate of drug-likeness (QED) is 0.633. The fraction of sp³-hybridized carbons (Fsp3) is 0.0909. The number of anilines is 1. The maximum absolute atomic E-state index is 11.5. The molecule has 0 aliphatic heterocycles. The molecule has 0 N–H and O–H groups in total. The Bertz CT molecular complexity index is 570. The maximum atomic E-state index is 11.5. The molecule has 0 saturated heterocycles. The summed E-state index contributed by atoms with van der Waals surface area (Å²) < 4.78 is 0. The molecule has 2 rings (SSSR count). The minimum Gasteiger partial charge on any atom is -0.273 e. The number of thiazole rings is 1. The summed E-state index contributed by atoms with van der Waals surface area (Å²) in [5.41, 5.74) is 0.502. The molecule has 0 fully saturated rings. The Labute approximate surface area is 113 Å². The van der Waals surface area contributed by atoms with E-state index in [4.69, 9.17) is 11.6 Å². The minimum atomic E-state index is -0.263. The normalized spacial score (nSPS) is 10.8. The van der Waals surface area contributed by atoms with Crippen molar-refractivity contribution in [1.82, 2.24) is 4.98 Å². The van der Waals surface area contributed by atoms with Crippen LogP contribution in [0, 0.1) is 0 Å². The second-order valence-electron chi connectivity index (χ2n) is 3.29. The Kier molecular flexibility index (Phi) is 4.01. The molecule has 1 amide bonds. The van der Waals surface area contributed by atoms with E-state index in [9.17, 15) is 4.79 Å². The number of nitrogens with zero attached hydrogens (tertiary/aromatic N) is 4. The van der Waals surface area contributed by atoms with Crippen LogP contribution in [0.25, 0.3) is 0 Å². The van der Waals surface area contributed by atoms with Crippen molar-refractivity contribution >= 4 is 39.7 Å². The first-order valence-corrected chi connectivity index (χ1v) is 6.30. The third-order valence-electron chi connectivity index (χ3n) is 1.99. The monoisotopic (exact) mass is 280 g/mol. The third kappa shape index (κ3) is 2.91. The fourth-order valence-electron chi connectivity index (χ4n) is 1.18. The molecule has 0 spiro atoms. The molecule has 0 aliphatic rings. The Morgan fingerprint density at radius 3 is 2.83 bits per heavy atom. The highest BCUT2D eigenvalue weighted by Crippen LogP contribution is 2.25. The molecule has 5 nitrogen and oxygen atoms in total. The lowest BCUT2D eigenvalue weighted by atomic mass is 10.3. The number of aromatic nitrogens is 1. The molecule has 92 valence electrons. The molecule has 0 aliphatic carbocycles. The van der Waals surface area contributed by atoms with Gasteiger partial charge in [0.05, 0.1) is 5.02 Å². The smallest absolute Gasteiger partial charge is 0.247 e. The van der Waals surface area contributed by atoms with Gasteiger partial charge in [0.2, 0.25) is 11.0 Å². The van der Waals surface area contributed by atoms with Gasteiger partial charge in [0.15, 0.2) is 0 Å². The van der Waals surface area contributed by atoms with Crippen molar-refractivity contribution in [3.63, 3.8) is 0 Å². The van der Waals surface area contributed by atoms with Crippen LogP contribution in [0.4, 0.5) is 10.8 Å². The van der Waals surface area contributed by atoms with Gasteiger partial charge in [-0.3, -0.25) is 4.79 Å². The molecule has 0 radical (unpaired) electrons. The van der Waals surface area contributed by atoms with Crippen molar-refractivity contribution in [2.45, 2.75) is 6.92 Å². The summed E-state index contributed by atoms with van der Waals surface area (Å²) in [5.74, 6) is -0.263. The highest BCUT2D eigenvalue weighted by atomic mass is 35.5. The predicted octanol–water partition coefficient (Wildman–Crippen LogP) is 3.85. The van der Waals surface area contributed by atoms with Crippen molar-refractivity contribution < 1.29 is 4.79 Å². The maximum Gasteiger partial charge on any atom is 0.247 e. The molecule has 0 unspecified atom stereocenters. The van der Waals surface area contributed by atoms with Crippen molar-refractivity contribution in [3.8, 4) is 0 Å². The molecular weight excluding hydrogens is 272 g/mol. The van der Waals surface area contributed by atoms with E-state index >= 15 is 0 Å². The van der Waals surface area contributed by atoms with Gasteiger partial charge in [0.1, 0.15) is 5.69 Å². The van der Waals surface area contributed by atoms with Crippen LogP contribution >= 0.6 is 22.9 Å². The topological polar surface area (TPSA) is 57.9 Å². The lowest BCUT2D eigenvalue weighted by Crippen LogP contribution is -2.21. The first kappa shape index (κ1) is 12.7. The summed E-state index contributed by atoms with van der Waals surface area (Å²) in [6.07, 6.45) is 1.60. The van der Waals surface area contributed by atoms with E-state index in [0.717, 1.165) is 5.01 Å². The first-order chi connectivity index (χ1) is 8.68. The predicted molar refractivity (Wildman–Crippen MR) is 71.2 cm³/mol. The van der Waals surface area contributed by atoms with Crippen LogP contribution in [0.1, 0.15) is 6.92 Å². The minimum absolute atomic E-state index is 0.263. The zero-order chi connectivity index (χ0) is 13.0. The van der Waals surface area contributed by atoms with Crippen LogP contribution in [0.2, 0.25) is 5.02 Å². The van der Waals surface area contributed by atoms with Gasteiger partial charge in [-0.2, -0.15) is 5.01 Å². The van der Waals surface area contributed by atoms with Crippen LogP contribution in [-0.2, 0) is 4.79 Å². The number of carbonyl (C=O) groups excluding carboxylic acids is 1. The van der Waals surface area contributed by atoms with Crippen molar-refractivity contribution in [1.29, 1.82) is 0 Å². The van der Waals surface area contributed by atoms with E-state index in [1.165, 1.54) is 18.3 Å². The second-order valence-corrected chi connectivity index (χ2v) is 4.57. The summed E-state index contributed by atoms with van der Waals surface area (Å²) in [4.78, 5) is 15.5. The summed E-state index contributed by atoms with van der Waals surface area (Å²) in [6.45, 7) is 1.40. The van der Waals surface area contributed by atoms with E-state index in [1.807, 2.05) is 0 Å². The van der Waals surface area contributed by atoms with Crippen LogP contribution in [0.15, 0.2) is 46.2 Å². The molecule has 2 aromatic rings. The number of benzene rings is 1. The van der Waals surface area contributed by atoms with Gasteiger partial charge < -0.3 is 0 Å². The Morgan fingerprint density at radius 2 is 2.22 bits per heavy atom. The second kappa shape index (κ2) is 5.70. The lowest BCUT2D eigenvalue weighted by molar-refractivity contribution is -0.116. The lowest BCUT2D eigenvalue weighted by Gasteiger charge is -2.08. The molecule has 0 atom stereocenters. The number of amides is 1. The average molecular weight is 281 g/mol. The molecule has 1 heterocycles. The van der Waals surface area contributed by atoms with Gasteiger partial charge in [-0.15, -0.1) is 16.5 Å². The Hall–Kier alpha value is -1.79. The van der Waals surface area contributed by atoms with E-state index in [1.54, 1.807) is 35.8 Å². The van der Waals surface area contributed by atoms with E-state index in [0.29, 0.717) is 15.8 Å². The standard InChI is InChI=1S/C11H9ClN4OS/c1-8(17)16(11-13-6-7-18-11)15-14-10-5-3-2-4-9(10)12/h2-7H,1H3. The summed E-state index contributed by atoms with van der Waals surface area (Å²) >= 11 is 7.25. The molecule has 1 aromatic heterocycles. The van der Waals surface area contributed by atoms with Crippen LogP contribution in [0.5, 0.6) is 0 Å². The summed E-state index contributed by atoms with van der Waals surface area (Å²) in [5, 5.41) is 11.7. The first-order valence-electron chi connectivity index (χ1n) is 5.05. The number of halogens is 1. The van der Waals surface area contributed by atoms with E-state index in [-0.39, 0.29) is 5.91 Å². The van der Waals surface area contributed by atoms with Crippen LogP contribution < -0.4 is 5.01 Å². The number of hydrogen-bond acceptors (Lipinski definition) is 5.